The van der Waals surface area contributed by atoms with Gasteiger partial charge in [0.05, 0.1) is 11.1 Å². The minimum atomic E-state index is -0.250. The number of anilines is 1. The Balaban J connectivity index is 2.57. The van der Waals surface area contributed by atoms with Gasteiger partial charge in [-0.2, -0.15) is 0 Å². The van der Waals surface area contributed by atoms with E-state index in [4.69, 9.17) is 4.74 Å². The van der Waals surface area contributed by atoms with Gasteiger partial charge in [-0.1, -0.05) is 0 Å². The first kappa shape index (κ1) is 12.5. The van der Waals surface area contributed by atoms with Crippen LogP contribution in [-0.4, -0.2) is 19.8 Å². The number of hydrogen-bond acceptors (Lipinski definition) is 2. The summed E-state index contributed by atoms with van der Waals surface area (Å²) in [6, 6.07) is 3.25. The average molecular weight is 276 g/mol. The lowest BCUT2D eigenvalue weighted by Gasteiger charge is -2.10. The third kappa shape index (κ3) is 3.80. The van der Waals surface area contributed by atoms with Crippen LogP contribution >= 0.6 is 15.9 Å². The Kier molecular flexibility index (Phi) is 5.05. The van der Waals surface area contributed by atoms with Gasteiger partial charge in [0.25, 0.3) is 0 Å². The van der Waals surface area contributed by atoms with Gasteiger partial charge in [0, 0.05) is 18.8 Å². The molecular weight excluding hydrogens is 261 g/mol. The van der Waals surface area contributed by atoms with Crippen LogP contribution in [-0.2, 0) is 4.74 Å². The van der Waals surface area contributed by atoms with E-state index in [9.17, 15) is 4.39 Å². The van der Waals surface area contributed by atoms with E-state index in [2.05, 4.69) is 21.2 Å². The number of halogens is 2. The molecule has 1 aromatic carbocycles. The Morgan fingerprint density at radius 3 is 2.87 bits per heavy atom. The molecule has 0 fully saturated rings. The molecule has 0 aliphatic carbocycles. The van der Waals surface area contributed by atoms with Gasteiger partial charge in [-0.3, -0.25) is 0 Å². The first-order valence-corrected chi connectivity index (χ1v) is 5.71. The van der Waals surface area contributed by atoms with Gasteiger partial charge in [0.1, 0.15) is 5.82 Å². The molecule has 0 aromatic heterocycles. The fourth-order valence-electron chi connectivity index (χ4n) is 1.24. The Labute approximate surface area is 98.0 Å². The highest BCUT2D eigenvalue weighted by atomic mass is 79.9. The van der Waals surface area contributed by atoms with Gasteiger partial charge in [0.15, 0.2) is 0 Å². The molecule has 0 aliphatic rings. The molecule has 0 saturated carbocycles. The number of benzene rings is 1. The van der Waals surface area contributed by atoms with Crippen molar-refractivity contribution in [3.63, 3.8) is 0 Å². The molecule has 0 unspecified atom stereocenters. The lowest BCUT2D eigenvalue weighted by molar-refractivity contribution is 0.158. The van der Waals surface area contributed by atoms with E-state index in [1.54, 1.807) is 6.07 Å². The van der Waals surface area contributed by atoms with Crippen molar-refractivity contribution in [2.24, 2.45) is 0 Å². The zero-order valence-electron chi connectivity index (χ0n) is 8.94. The Hall–Kier alpha value is -0.610. The van der Waals surface area contributed by atoms with Crippen molar-refractivity contribution in [1.82, 2.24) is 0 Å². The number of aryl methyl sites for hydroxylation is 1. The summed E-state index contributed by atoms with van der Waals surface area (Å²) in [6.45, 7) is 5.91. The van der Waals surface area contributed by atoms with Crippen LogP contribution < -0.4 is 5.32 Å². The molecule has 0 heterocycles. The number of ether oxygens (including phenoxy) is 1. The van der Waals surface area contributed by atoms with Crippen molar-refractivity contribution in [1.29, 1.82) is 0 Å². The quantitative estimate of drug-likeness (QED) is 0.833. The lowest BCUT2D eigenvalue weighted by Crippen LogP contribution is -2.10. The summed E-state index contributed by atoms with van der Waals surface area (Å²) in [4.78, 5) is 0. The molecule has 0 spiro atoms. The second kappa shape index (κ2) is 6.08. The van der Waals surface area contributed by atoms with E-state index in [0.29, 0.717) is 24.2 Å². The standard InChI is InChI=1S/C11H15BrFNO/c1-3-15-5-4-14-11-7-10(13)9(12)6-8(11)2/h6-7,14H,3-5H2,1-2H3. The zero-order valence-corrected chi connectivity index (χ0v) is 10.5. The molecule has 0 radical (unpaired) electrons. The van der Waals surface area contributed by atoms with Crippen molar-refractivity contribution in [2.75, 3.05) is 25.1 Å². The highest BCUT2D eigenvalue weighted by Crippen LogP contribution is 2.23. The molecule has 4 heteroatoms. The second-order valence-corrected chi connectivity index (χ2v) is 4.06. The fourth-order valence-corrected chi connectivity index (χ4v) is 1.70. The normalized spacial score (nSPS) is 10.4. The summed E-state index contributed by atoms with van der Waals surface area (Å²) in [6.07, 6.45) is 0. The van der Waals surface area contributed by atoms with Gasteiger partial charge in [0.2, 0.25) is 0 Å². The number of hydrogen-bond donors (Lipinski definition) is 1. The van der Waals surface area contributed by atoms with E-state index < -0.39 is 0 Å². The SMILES string of the molecule is CCOCCNc1cc(F)c(Br)cc1C. The molecule has 1 rings (SSSR count). The van der Waals surface area contributed by atoms with Gasteiger partial charge >= 0.3 is 0 Å². The predicted octanol–water partition coefficient (Wildman–Crippen LogP) is 3.35. The molecule has 1 N–H and O–H groups in total. The molecule has 0 atom stereocenters. The Morgan fingerprint density at radius 2 is 2.20 bits per heavy atom. The maximum Gasteiger partial charge on any atom is 0.139 e. The number of nitrogens with one attached hydrogen (secondary N) is 1. The van der Waals surface area contributed by atoms with Crippen LogP contribution in [0.15, 0.2) is 16.6 Å². The fraction of sp³-hybridized carbons (Fsp3) is 0.455. The molecule has 0 amide bonds. The highest BCUT2D eigenvalue weighted by molar-refractivity contribution is 9.10. The van der Waals surface area contributed by atoms with E-state index in [1.807, 2.05) is 13.8 Å². The summed E-state index contributed by atoms with van der Waals surface area (Å²) < 4.78 is 18.9. The van der Waals surface area contributed by atoms with Crippen LogP contribution in [0.3, 0.4) is 0 Å². The monoisotopic (exact) mass is 275 g/mol. The van der Waals surface area contributed by atoms with Crippen LogP contribution in [0.5, 0.6) is 0 Å². The average Bonchev–Trinajstić information content (AvgIpc) is 2.20. The van der Waals surface area contributed by atoms with Gasteiger partial charge in [-0.15, -0.1) is 0 Å². The largest absolute Gasteiger partial charge is 0.382 e. The van der Waals surface area contributed by atoms with Crippen LogP contribution in [0, 0.1) is 12.7 Å². The summed E-state index contributed by atoms with van der Waals surface area (Å²) in [7, 11) is 0. The third-order valence-corrected chi connectivity index (χ3v) is 2.64. The summed E-state index contributed by atoms with van der Waals surface area (Å²) in [5.41, 5.74) is 1.83. The third-order valence-electron chi connectivity index (χ3n) is 2.03. The smallest absolute Gasteiger partial charge is 0.139 e. The minimum absolute atomic E-state index is 0.250. The van der Waals surface area contributed by atoms with Crippen LogP contribution in [0.25, 0.3) is 0 Å². The van der Waals surface area contributed by atoms with Gasteiger partial charge in [-0.25, -0.2) is 4.39 Å². The second-order valence-electron chi connectivity index (χ2n) is 3.20. The lowest BCUT2D eigenvalue weighted by atomic mass is 10.2. The van der Waals surface area contributed by atoms with Gasteiger partial charge < -0.3 is 10.1 Å². The first-order chi connectivity index (χ1) is 7.15. The van der Waals surface area contributed by atoms with Crippen molar-refractivity contribution < 1.29 is 9.13 Å². The molecular formula is C11H15BrFNO. The van der Waals surface area contributed by atoms with E-state index in [-0.39, 0.29) is 5.82 Å². The molecule has 1 aromatic rings. The maximum atomic E-state index is 13.2. The topological polar surface area (TPSA) is 21.3 Å². The van der Waals surface area contributed by atoms with Crippen molar-refractivity contribution in [2.45, 2.75) is 13.8 Å². The molecule has 2 nitrogen and oxygen atoms in total. The van der Waals surface area contributed by atoms with Gasteiger partial charge in [-0.05, 0) is 47.5 Å². The number of rotatable bonds is 5. The zero-order chi connectivity index (χ0) is 11.3. The van der Waals surface area contributed by atoms with Crippen LogP contribution in [0.2, 0.25) is 0 Å². The Bertz CT molecular complexity index is 331. The highest BCUT2D eigenvalue weighted by Gasteiger charge is 2.04. The molecule has 0 aliphatic heterocycles. The summed E-state index contributed by atoms with van der Waals surface area (Å²) in [5, 5.41) is 3.13. The molecule has 0 bridgehead atoms. The van der Waals surface area contributed by atoms with E-state index in [1.165, 1.54) is 6.07 Å². The Morgan fingerprint density at radius 1 is 1.47 bits per heavy atom. The van der Waals surface area contributed by atoms with E-state index >= 15 is 0 Å². The van der Waals surface area contributed by atoms with Crippen LogP contribution in [0.1, 0.15) is 12.5 Å². The first-order valence-electron chi connectivity index (χ1n) is 4.92. The van der Waals surface area contributed by atoms with Crippen LogP contribution in [0.4, 0.5) is 10.1 Å². The summed E-state index contributed by atoms with van der Waals surface area (Å²) in [5.74, 6) is -0.250. The van der Waals surface area contributed by atoms with Crippen molar-refractivity contribution in [3.8, 4) is 0 Å². The molecule has 0 saturated heterocycles. The van der Waals surface area contributed by atoms with E-state index in [0.717, 1.165) is 11.3 Å². The van der Waals surface area contributed by atoms with Crippen molar-refractivity contribution in [3.05, 3.63) is 28.0 Å². The molecule has 84 valence electrons. The van der Waals surface area contributed by atoms with Crippen molar-refractivity contribution >= 4 is 21.6 Å². The maximum absolute atomic E-state index is 13.2. The predicted molar refractivity (Wildman–Crippen MR) is 63.8 cm³/mol. The minimum Gasteiger partial charge on any atom is -0.382 e. The summed E-state index contributed by atoms with van der Waals surface area (Å²) >= 11 is 3.15. The molecule has 15 heavy (non-hydrogen) atoms.